The summed E-state index contributed by atoms with van der Waals surface area (Å²) < 4.78 is 10.5. The third-order valence-electron chi connectivity index (χ3n) is 4.41. The van der Waals surface area contributed by atoms with E-state index in [4.69, 9.17) is 9.47 Å². The van der Waals surface area contributed by atoms with E-state index in [1.165, 1.54) is 29.7 Å². The Morgan fingerprint density at radius 1 is 1.20 bits per heavy atom. The number of carbonyl (C=O) groups excluding carboxylic acids is 1. The third-order valence-corrected chi connectivity index (χ3v) is 5.62. The number of ether oxygens (including phenoxy) is 2. The Bertz CT molecular complexity index is 836. The predicted octanol–water partition coefficient (Wildman–Crippen LogP) is 4.16. The maximum Gasteiger partial charge on any atom is 0.260 e. The maximum absolute atomic E-state index is 12.7. The molecule has 0 atom stereocenters. The number of amides is 1. The number of benzene rings is 1. The molecule has 0 aliphatic heterocycles. The fourth-order valence-electron chi connectivity index (χ4n) is 3.11. The highest BCUT2D eigenvalue weighted by atomic mass is 32.1. The molecule has 1 aliphatic carbocycles. The Labute approximate surface area is 151 Å². The van der Waals surface area contributed by atoms with Gasteiger partial charge in [0.25, 0.3) is 5.91 Å². The van der Waals surface area contributed by atoms with Crippen molar-refractivity contribution in [3.63, 3.8) is 0 Å². The van der Waals surface area contributed by atoms with Crippen molar-refractivity contribution in [2.45, 2.75) is 32.1 Å². The number of fused-ring (bicyclic) bond motifs is 1. The number of hydrogen-bond donors (Lipinski definition) is 1. The van der Waals surface area contributed by atoms with E-state index in [9.17, 15) is 10.1 Å². The Hall–Kier alpha value is -2.52. The number of nitrogens with one attached hydrogen (secondary N) is 1. The zero-order valence-electron chi connectivity index (χ0n) is 14.3. The average Bonchev–Trinajstić information content (AvgIpc) is 2.80. The van der Waals surface area contributed by atoms with Crippen LogP contribution in [0.2, 0.25) is 0 Å². The molecule has 1 aliphatic rings. The van der Waals surface area contributed by atoms with Crippen LogP contribution < -0.4 is 14.8 Å². The summed E-state index contributed by atoms with van der Waals surface area (Å²) >= 11 is 1.52. The molecular formula is C19H20N2O3S. The number of rotatable bonds is 4. The van der Waals surface area contributed by atoms with Crippen LogP contribution in [0.4, 0.5) is 5.00 Å². The molecule has 0 spiro atoms. The van der Waals surface area contributed by atoms with Gasteiger partial charge in [-0.3, -0.25) is 4.79 Å². The van der Waals surface area contributed by atoms with Crippen LogP contribution in [0.5, 0.6) is 11.5 Å². The highest BCUT2D eigenvalue weighted by Gasteiger charge is 2.22. The van der Waals surface area contributed by atoms with Crippen molar-refractivity contribution >= 4 is 22.2 Å². The van der Waals surface area contributed by atoms with Gasteiger partial charge in [-0.1, -0.05) is 6.42 Å². The summed E-state index contributed by atoms with van der Waals surface area (Å²) in [7, 11) is 3.08. The fourth-order valence-corrected chi connectivity index (χ4v) is 4.34. The molecule has 0 fully saturated rings. The van der Waals surface area contributed by atoms with Crippen LogP contribution in [0.15, 0.2) is 18.2 Å². The Morgan fingerprint density at radius 2 is 2.00 bits per heavy atom. The standard InChI is InChI=1S/C19H20N2O3S/c1-23-12-8-9-14(16(10-12)24-2)18(22)21-19-15(11-20)13-6-4-3-5-7-17(13)25-19/h8-10H,3-7H2,1-2H3,(H,21,22). The van der Waals surface area contributed by atoms with Crippen LogP contribution in [0, 0.1) is 11.3 Å². The summed E-state index contributed by atoms with van der Waals surface area (Å²) in [6.45, 7) is 0. The lowest BCUT2D eigenvalue weighted by Gasteiger charge is -2.10. The predicted molar refractivity (Wildman–Crippen MR) is 97.8 cm³/mol. The molecular weight excluding hydrogens is 336 g/mol. The van der Waals surface area contributed by atoms with E-state index in [1.807, 2.05) is 0 Å². The first-order valence-electron chi connectivity index (χ1n) is 8.26. The summed E-state index contributed by atoms with van der Waals surface area (Å²) in [5.74, 6) is 0.773. The van der Waals surface area contributed by atoms with E-state index in [1.54, 1.807) is 25.3 Å². The van der Waals surface area contributed by atoms with Gasteiger partial charge in [0, 0.05) is 10.9 Å². The molecule has 1 amide bonds. The number of aryl methyl sites for hydroxylation is 1. The topological polar surface area (TPSA) is 71.3 Å². The minimum Gasteiger partial charge on any atom is -0.497 e. The van der Waals surface area contributed by atoms with Gasteiger partial charge in [-0.05, 0) is 43.4 Å². The molecule has 6 heteroatoms. The van der Waals surface area contributed by atoms with Gasteiger partial charge in [-0.15, -0.1) is 11.3 Å². The van der Waals surface area contributed by atoms with Gasteiger partial charge in [0.2, 0.25) is 0 Å². The number of anilines is 1. The van der Waals surface area contributed by atoms with Crippen LogP contribution in [0.25, 0.3) is 0 Å². The highest BCUT2D eigenvalue weighted by molar-refractivity contribution is 7.16. The molecule has 3 rings (SSSR count). The van der Waals surface area contributed by atoms with E-state index in [2.05, 4.69) is 11.4 Å². The van der Waals surface area contributed by atoms with Crippen molar-refractivity contribution in [3.05, 3.63) is 39.8 Å². The molecule has 130 valence electrons. The van der Waals surface area contributed by atoms with Crippen molar-refractivity contribution in [2.75, 3.05) is 19.5 Å². The van der Waals surface area contributed by atoms with E-state index >= 15 is 0 Å². The smallest absolute Gasteiger partial charge is 0.260 e. The van der Waals surface area contributed by atoms with Crippen LogP contribution in [-0.2, 0) is 12.8 Å². The van der Waals surface area contributed by atoms with Gasteiger partial charge in [-0.2, -0.15) is 5.26 Å². The molecule has 2 aromatic rings. The molecule has 1 aromatic heterocycles. The van der Waals surface area contributed by atoms with E-state index in [0.29, 0.717) is 27.6 Å². The summed E-state index contributed by atoms with van der Waals surface area (Å²) in [5, 5.41) is 13.1. The maximum atomic E-state index is 12.7. The number of methoxy groups -OCH3 is 2. The second kappa shape index (κ2) is 7.58. The lowest BCUT2D eigenvalue weighted by molar-refractivity contribution is 0.102. The van der Waals surface area contributed by atoms with E-state index in [0.717, 1.165) is 31.2 Å². The number of carbonyl (C=O) groups is 1. The Balaban J connectivity index is 1.90. The Kier molecular flexibility index (Phi) is 5.25. The quantitative estimate of drug-likeness (QED) is 0.835. The SMILES string of the molecule is COc1ccc(C(=O)Nc2sc3c(c2C#N)CCCCC3)c(OC)c1. The summed E-state index contributed by atoms with van der Waals surface area (Å²) in [6.07, 6.45) is 5.32. The molecule has 1 N–H and O–H groups in total. The number of hydrogen-bond acceptors (Lipinski definition) is 5. The first kappa shape index (κ1) is 17.3. The normalized spacial score (nSPS) is 13.3. The molecule has 0 unspecified atom stereocenters. The monoisotopic (exact) mass is 356 g/mol. The second-order valence-electron chi connectivity index (χ2n) is 5.90. The van der Waals surface area contributed by atoms with E-state index < -0.39 is 0 Å². The second-order valence-corrected chi connectivity index (χ2v) is 7.01. The molecule has 25 heavy (non-hydrogen) atoms. The molecule has 0 radical (unpaired) electrons. The zero-order valence-corrected chi connectivity index (χ0v) is 15.2. The van der Waals surface area contributed by atoms with Crippen LogP contribution >= 0.6 is 11.3 Å². The average molecular weight is 356 g/mol. The van der Waals surface area contributed by atoms with Gasteiger partial charge in [0.1, 0.15) is 22.6 Å². The number of thiophene rings is 1. The number of nitriles is 1. The third kappa shape index (κ3) is 3.47. The van der Waals surface area contributed by atoms with Crippen LogP contribution in [-0.4, -0.2) is 20.1 Å². The molecule has 1 aromatic carbocycles. The molecule has 0 saturated heterocycles. The van der Waals surface area contributed by atoms with Gasteiger partial charge >= 0.3 is 0 Å². The zero-order chi connectivity index (χ0) is 17.8. The van der Waals surface area contributed by atoms with Gasteiger partial charge in [0.05, 0.1) is 25.3 Å². The van der Waals surface area contributed by atoms with Crippen molar-refractivity contribution in [1.82, 2.24) is 0 Å². The minimum absolute atomic E-state index is 0.285. The lowest BCUT2D eigenvalue weighted by Crippen LogP contribution is -2.13. The minimum atomic E-state index is -0.285. The van der Waals surface area contributed by atoms with Gasteiger partial charge in [0.15, 0.2) is 0 Å². The van der Waals surface area contributed by atoms with Gasteiger partial charge in [-0.25, -0.2) is 0 Å². The lowest BCUT2D eigenvalue weighted by atomic mass is 10.1. The van der Waals surface area contributed by atoms with Gasteiger partial charge < -0.3 is 14.8 Å². The van der Waals surface area contributed by atoms with Crippen molar-refractivity contribution < 1.29 is 14.3 Å². The molecule has 0 saturated carbocycles. The first-order valence-corrected chi connectivity index (χ1v) is 9.07. The molecule has 0 bridgehead atoms. The summed E-state index contributed by atoms with van der Waals surface area (Å²) in [6, 6.07) is 7.33. The highest BCUT2D eigenvalue weighted by Crippen LogP contribution is 2.37. The molecule has 5 nitrogen and oxygen atoms in total. The first-order chi connectivity index (χ1) is 12.2. The summed E-state index contributed by atoms with van der Waals surface area (Å²) in [4.78, 5) is 13.9. The number of nitrogens with zero attached hydrogens (tertiary/aromatic N) is 1. The fraction of sp³-hybridized carbons (Fsp3) is 0.368. The van der Waals surface area contributed by atoms with E-state index in [-0.39, 0.29) is 5.91 Å². The van der Waals surface area contributed by atoms with Crippen LogP contribution in [0.3, 0.4) is 0 Å². The van der Waals surface area contributed by atoms with Crippen LogP contribution in [0.1, 0.15) is 45.6 Å². The van der Waals surface area contributed by atoms with Crippen molar-refractivity contribution in [2.24, 2.45) is 0 Å². The molecule has 1 heterocycles. The largest absolute Gasteiger partial charge is 0.497 e. The van der Waals surface area contributed by atoms with Crippen molar-refractivity contribution in [3.8, 4) is 17.6 Å². The summed E-state index contributed by atoms with van der Waals surface area (Å²) in [5.41, 5.74) is 2.14. The van der Waals surface area contributed by atoms with Crippen molar-refractivity contribution in [1.29, 1.82) is 5.26 Å². The Morgan fingerprint density at radius 3 is 2.72 bits per heavy atom.